The van der Waals surface area contributed by atoms with Gasteiger partial charge in [0.15, 0.2) is 0 Å². The first kappa shape index (κ1) is 20.9. The molecular formula is C20H24F3N5O. The number of hydrogen-bond acceptors (Lipinski definition) is 5. The lowest BCUT2D eigenvalue weighted by atomic mass is 10.1. The Labute approximate surface area is 167 Å². The average Bonchev–Trinajstić information content (AvgIpc) is 2.67. The van der Waals surface area contributed by atoms with E-state index in [1.54, 1.807) is 11.0 Å². The van der Waals surface area contributed by atoms with Crippen molar-refractivity contribution in [1.82, 2.24) is 14.9 Å². The van der Waals surface area contributed by atoms with Crippen LogP contribution in [0.4, 0.5) is 24.8 Å². The van der Waals surface area contributed by atoms with Gasteiger partial charge in [-0.2, -0.15) is 13.2 Å². The van der Waals surface area contributed by atoms with Crippen molar-refractivity contribution in [3.05, 3.63) is 47.3 Å². The maximum absolute atomic E-state index is 12.9. The number of piperazine rings is 1. The third-order valence-corrected chi connectivity index (χ3v) is 4.75. The molecule has 3 rings (SSSR count). The van der Waals surface area contributed by atoms with E-state index in [0.29, 0.717) is 37.6 Å². The summed E-state index contributed by atoms with van der Waals surface area (Å²) in [4.78, 5) is 25.1. The summed E-state index contributed by atoms with van der Waals surface area (Å²) in [6.45, 7) is 6.79. The van der Waals surface area contributed by atoms with Crippen molar-refractivity contribution in [2.24, 2.45) is 0 Å². The van der Waals surface area contributed by atoms with Crippen molar-refractivity contribution >= 4 is 17.5 Å². The molecule has 9 heteroatoms. The van der Waals surface area contributed by atoms with Gasteiger partial charge in [0, 0.05) is 38.8 Å². The summed E-state index contributed by atoms with van der Waals surface area (Å²) >= 11 is 0. The van der Waals surface area contributed by atoms with Crippen LogP contribution in [0, 0.1) is 6.92 Å². The summed E-state index contributed by atoms with van der Waals surface area (Å²) in [7, 11) is 0. The second kappa shape index (κ2) is 8.67. The molecule has 1 aliphatic rings. The van der Waals surface area contributed by atoms with Crippen molar-refractivity contribution in [2.45, 2.75) is 26.4 Å². The Morgan fingerprint density at radius 1 is 1.14 bits per heavy atom. The zero-order valence-electron chi connectivity index (χ0n) is 16.5. The Morgan fingerprint density at radius 3 is 2.52 bits per heavy atom. The largest absolute Gasteiger partial charge is 0.416 e. The minimum Gasteiger partial charge on any atom is -0.370 e. The van der Waals surface area contributed by atoms with Gasteiger partial charge >= 0.3 is 6.18 Å². The number of benzene rings is 1. The van der Waals surface area contributed by atoms with E-state index >= 15 is 0 Å². The predicted molar refractivity (Wildman–Crippen MR) is 105 cm³/mol. The standard InChI is InChI=1S/C20H24F3N5O/c1-3-24-17-13-18(26-14(2)25-17)27-7-9-28(10-8-27)19(29)12-15-5-4-6-16(11-15)20(21,22)23/h4-6,11,13H,3,7-10,12H2,1-2H3,(H,24,25,26). The minimum atomic E-state index is -4.41. The Balaban J connectivity index is 1.60. The fourth-order valence-corrected chi connectivity index (χ4v) is 3.31. The van der Waals surface area contributed by atoms with Gasteiger partial charge in [0.05, 0.1) is 12.0 Å². The van der Waals surface area contributed by atoms with Crippen molar-refractivity contribution in [3.8, 4) is 0 Å². The molecule has 0 saturated carbocycles. The summed E-state index contributed by atoms with van der Waals surface area (Å²) in [5, 5.41) is 3.17. The first-order valence-electron chi connectivity index (χ1n) is 9.54. The Hall–Kier alpha value is -2.84. The van der Waals surface area contributed by atoms with E-state index in [4.69, 9.17) is 0 Å². The summed E-state index contributed by atoms with van der Waals surface area (Å²) in [6, 6.07) is 6.83. The highest BCUT2D eigenvalue weighted by Gasteiger charge is 2.30. The van der Waals surface area contributed by atoms with Crippen LogP contribution in [0.15, 0.2) is 30.3 Å². The molecule has 0 spiro atoms. The molecule has 1 fully saturated rings. The summed E-state index contributed by atoms with van der Waals surface area (Å²) in [5.41, 5.74) is -0.364. The SMILES string of the molecule is CCNc1cc(N2CCN(C(=O)Cc3cccc(C(F)(F)F)c3)CC2)nc(C)n1. The molecule has 2 aromatic rings. The molecule has 2 heterocycles. The number of hydrogen-bond donors (Lipinski definition) is 1. The minimum absolute atomic E-state index is 0.0406. The van der Waals surface area contributed by atoms with Crippen LogP contribution >= 0.6 is 0 Å². The van der Waals surface area contributed by atoms with Crippen LogP contribution in [0.2, 0.25) is 0 Å². The summed E-state index contributed by atoms with van der Waals surface area (Å²) < 4.78 is 38.6. The monoisotopic (exact) mass is 407 g/mol. The van der Waals surface area contributed by atoms with Crippen LogP contribution in [-0.2, 0) is 17.4 Å². The molecule has 1 amide bonds. The summed E-state index contributed by atoms with van der Waals surface area (Å²) in [6.07, 6.45) is -4.45. The van der Waals surface area contributed by atoms with Gasteiger partial charge in [-0.1, -0.05) is 18.2 Å². The average molecular weight is 407 g/mol. The van der Waals surface area contributed by atoms with Gasteiger partial charge in [-0.3, -0.25) is 4.79 Å². The number of rotatable bonds is 5. The van der Waals surface area contributed by atoms with Crippen molar-refractivity contribution in [2.75, 3.05) is 42.9 Å². The first-order chi connectivity index (χ1) is 13.8. The molecule has 1 aliphatic heterocycles. The molecule has 156 valence electrons. The number of aromatic nitrogens is 2. The number of carbonyl (C=O) groups excluding carboxylic acids is 1. The molecule has 0 unspecified atom stereocenters. The number of alkyl halides is 3. The molecule has 0 aliphatic carbocycles. The van der Waals surface area contributed by atoms with Crippen molar-refractivity contribution in [3.63, 3.8) is 0 Å². The van der Waals surface area contributed by atoms with E-state index in [1.165, 1.54) is 6.07 Å². The number of amides is 1. The van der Waals surface area contributed by atoms with Crippen LogP contribution in [0.3, 0.4) is 0 Å². The van der Waals surface area contributed by atoms with Gasteiger partial charge in [-0.15, -0.1) is 0 Å². The van der Waals surface area contributed by atoms with Crippen LogP contribution in [0.5, 0.6) is 0 Å². The van der Waals surface area contributed by atoms with Gasteiger partial charge in [0.2, 0.25) is 5.91 Å². The van der Waals surface area contributed by atoms with Crippen molar-refractivity contribution in [1.29, 1.82) is 0 Å². The zero-order chi connectivity index (χ0) is 21.0. The molecule has 1 saturated heterocycles. The number of nitrogens with zero attached hydrogens (tertiary/aromatic N) is 4. The van der Waals surface area contributed by atoms with Gasteiger partial charge in [-0.25, -0.2) is 9.97 Å². The first-order valence-corrected chi connectivity index (χ1v) is 9.54. The second-order valence-corrected chi connectivity index (χ2v) is 6.93. The van der Waals surface area contributed by atoms with Gasteiger partial charge < -0.3 is 15.1 Å². The van der Waals surface area contributed by atoms with Crippen molar-refractivity contribution < 1.29 is 18.0 Å². The van der Waals surface area contributed by atoms with E-state index in [1.807, 2.05) is 19.9 Å². The molecule has 1 aromatic carbocycles. The highest BCUT2D eigenvalue weighted by Crippen LogP contribution is 2.29. The smallest absolute Gasteiger partial charge is 0.370 e. The fourth-order valence-electron chi connectivity index (χ4n) is 3.31. The number of halogens is 3. The molecule has 0 bridgehead atoms. The lowest BCUT2D eigenvalue weighted by molar-refractivity contribution is -0.138. The topological polar surface area (TPSA) is 61.4 Å². The molecule has 29 heavy (non-hydrogen) atoms. The van der Waals surface area contributed by atoms with Crippen LogP contribution < -0.4 is 10.2 Å². The zero-order valence-corrected chi connectivity index (χ0v) is 16.5. The Morgan fingerprint density at radius 2 is 1.86 bits per heavy atom. The third-order valence-electron chi connectivity index (χ3n) is 4.75. The highest BCUT2D eigenvalue weighted by molar-refractivity contribution is 5.79. The normalized spacial score (nSPS) is 14.8. The highest BCUT2D eigenvalue weighted by atomic mass is 19.4. The lowest BCUT2D eigenvalue weighted by Gasteiger charge is -2.35. The summed E-state index contributed by atoms with van der Waals surface area (Å²) in [5.74, 6) is 2.06. The predicted octanol–water partition coefficient (Wildman–Crippen LogP) is 3.13. The lowest BCUT2D eigenvalue weighted by Crippen LogP contribution is -2.49. The second-order valence-electron chi connectivity index (χ2n) is 6.93. The molecular weight excluding hydrogens is 383 g/mol. The van der Waals surface area contributed by atoms with E-state index in [9.17, 15) is 18.0 Å². The Bertz CT molecular complexity index is 863. The molecule has 1 N–H and O–H groups in total. The van der Waals surface area contributed by atoms with E-state index in [-0.39, 0.29) is 12.3 Å². The van der Waals surface area contributed by atoms with E-state index in [2.05, 4.69) is 20.2 Å². The quantitative estimate of drug-likeness (QED) is 0.825. The van der Waals surface area contributed by atoms with Crippen LogP contribution in [0.25, 0.3) is 0 Å². The van der Waals surface area contributed by atoms with Gasteiger partial charge in [0.25, 0.3) is 0 Å². The van der Waals surface area contributed by atoms with E-state index in [0.717, 1.165) is 30.3 Å². The van der Waals surface area contributed by atoms with Crippen LogP contribution in [-0.4, -0.2) is 53.5 Å². The molecule has 0 atom stereocenters. The number of carbonyl (C=O) groups is 1. The number of nitrogens with one attached hydrogen (secondary N) is 1. The number of anilines is 2. The molecule has 0 radical (unpaired) electrons. The fraction of sp³-hybridized carbons (Fsp3) is 0.450. The van der Waals surface area contributed by atoms with Gasteiger partial charge in [-0.05, 0) is 25.5 Å². The maximum Gasteiger partial charge on any atom is 0.416 e. The third kappa shape index (κ3) is 5.36. The molecule has 6 nitrogen and oxygen atoms in total. The Kier molecular flexibility index (Phi) is 6.24. The maximum atomic E-state index is 12.9. The van der Waals surface area contributed by atoms with Crippen LogP contribution in [0.1, 0.15) is 23.9 Å². The number of aryl methyl sites for hydroxylation is 1. The van der Waals surface area contributed by atoms with Gasteiger partial charge in [0.1, 0.15) is 17.5 Å². The van der Waals surface area contributed by atoms with E-state index < -0.39 is 11.7 Å². The molecule has 1 aromatic heterocycles.